The minimum absolute atomic E-state index is 0.107. The summed E-state index contributed by atoms with van der Waals surface area (Å²) in [6, 6.07) is 7.27. The monoisotopic (exact) mass is 349 g/mol. The first-order valence-electron chi connectivity index (χ1n) is 8.03. The predicted molar refractivity (Wildman–Crippen MR) is 88.7 cm³/mol. The van der Waals surface area contributed by atoms with Crippen LogP contribution in [0.15, 0.2) is 28.8 Å². The third-order valence-corrected chi connectivity index (χ3v) is 4.37. The Balaban J connectivity index is 1.74. The van der Waals surface area contributed by atoms with Crippen LogP contribution >= 0.6 is 11.6 Å². The van der Waals surface area contributed by atoms with Crippen molar-refractivity contribution < 1.29 is 14.1 Å². The van der Waals surface area contributed by atoms with Gasteiger partial charge in [-0.15, -0.1) is 0 Å². The van der Waals surface area contributed by atoms with E-state index in [4.69, 9.17) is 20.9 Å². The van der Waals surface area contributed by atoms with Crippen molar-refractivity contribution >= 4 is 17.5 Å². The largest absolute Gasteiger partial charge is 0.381 e. The highest BCUT2D eigenvalue weighted by molar-refractivity contribution is 6.30. The van der Waals surface area contributed by atoms with Gasteiger partial charge in [0.2, 0.25) is 11.8 Å². The summed E-state index contributed by atoms with van der Waals surface area (Å²) in [7, 11) is 0. The molecule has 1 saturated heterocycles. The Morgan fingerprint density at radius 1 is 1.33 bits per heavy atom. The summed E-state index contributed by atoms with van der Waals surface area (Å²) in [5.74, 6) is 1.19. The minimum Gasteiger partial charge on any atom is -0.381 e. The normalized spacial score (nSPS) is 16.8. The summed E-state index contributed by atoms with van der Waals surface area (Å²) < 4.78 is 10.8. The molecule has 1 fully saturated rings. The topological polar surface area (TPSA) is 77.3 Å². The average molecular weight is 350 g/mol. The number of hydrogen-bond donors (Lipinski definition) is 1. The number of carbonyl (C=O) groups is 1. The van der Waals surface area contributed by atoms with E-state index in [1.165, 1.54) is 6.92 Å². The van der Waals surface area contributed by atoms with Gasteiger partial charge < -0.3 is 14.6 Å². The van der Waals surface area contributed by atoms with Gasteiger partial charge in [0, 0.05) is 31.6 Å². The van der Waals surface area contributed by atoms with Crippen molar-refractivity contribution in [3.05, 3.63) is 46.6 Å². The van der Waals surface area contributed by atoms with Gasteiger partial charge in [-0.05, 0) is 36.5 Å². The Morgan fingerprint density at radius 2 is 2.04 bits per heavy atom. The van der Waals surface area contributed by atoms with Crippen LogP contribution in [0.2, 0.25) is 5.02 Å². The summed E-state index contributed by atoms with van der Waals surface area (Å²) in [6.07, 6.45) is 2.28. The second-order valence-corrected chi connectivity index (χ2v) is 6.42. The molecule has 0 radical (unpaired) electrons. The van der Waals surface area contributed by atoms with E-state index in [-0.39, 0.29) is 17.9 Å². The number of halogens is 1. The molecule has 2 aromatic rings. The van der Waals surface area contributed by atoms with Crippen molar-refractivity contribution in [2.75, 3.05) is 13.2 Å². The molecule has 6 nitrogen and oxygen atoms in total. The van der Waals surface area contributed by atoms with Gasteiger partial charge in [-0.3, -0.25) is 4.79 Å². The molecule has 7 heteroatoms. The molecule has 1 atom stereocenters. The molecule has 1 aromatic carbocycles. The number of ether oxygens (including phenoxy) is 1. The van der Waals surface area contributed by atoms with Gasteiger partial charge in [-0.2, -0.15) is 4.98 Å². The lowest BCUT2D eigenvalue weighted by atomic mass is 9.91. The first-order chi connectivity index (χ1) is 11.6. The molecular weight excluding hydrogens is 330 g/mol. The van der Waals surface area contributed by atoms with Crippen LogP contribution in [0.1, 0.15) is 43.1 Å². The number of carbonyl (C=O) groups excluding carboxylic acids is 1. The van der Waals surface area contributed by atoms with Gasteiger partial charge in [0.1, 0.15) is 6.04 Å². The van der Waals surface area contributed by atoms with Gasteiger partial charge in [0.25, 0.3) is 0 Å². The van der Waals surface area contributed by atoms with Crippen molar-refractivity contribution in [3.63, 3.8) is 0 Å². The molecule has 3 rings (SSSR count). The van der Waals surface area contributed by atoms with Gasteiger partial charge in [-0.25, -0.2) is 0 Å². The molecule has 1 aliphatic heterocycles. The first-order valence-corrected chi connectivity index (χ1v) is 8.41. The molecule has 128 valence electrons. The Bertz CT molecular complexity index is 681. The van der Waals surface area contributed by atoms with E-state index in [1.54, 1.807) is 0 Å². The quantitative estimate of drug-likeness (QED) is 0.898. The van der Waals surface area contributed by atoms with Crippen molar-refractivity contribution in [2.24, 2.45) is 5.92 Å². The molecule has 0 unspecified atom stereocenters. The number of rotatable bonds is 5. The summed E-state index contributed by atoms with van der Waals surface area (Å²) >= 11 is 5.89. The van der Waals surface area contributed by atoms with E-state index in [1.807, 2.05) is 24.3 Å². The van der Waals surface area contributed by atoms with Crippen LogP contribution in [-0.2, 0) is 16.0 Å². The summed E-state index contributed by atoms with van der Waals surface area (Å²) in [6.45, 7) is 2.87. The summed E-state index contributed by atoms with van der Waals surface area (Å²) in [5, 5.41) is 7.69. The molecule has 2 heterocycles. The summed E-state index contributed by atoms with van der Waals surface area (Å²) in [5.41, 5.74) is 1.05. The molecule has 24 heavy (non-hydrogen) atoms. The van der Waals surface area contributed by atoms with Gasteiger partial charge in [-0.1, -0.05) is 28.9 Å². The van der Waals surface area contributed by atoms with E-state index < -0.39 is 0 Å². The van der Waals surface area contributed by atoms with E-state index in [9.17, 15) is 4.79 Å². The maximum absolute atomic E-state index is 11.6. The molecule has 0 saturated carbocycles. The highest BCUT2D eigenvalue weighted by Crippen LogP contribution is 2.29. The van der Waals surface area contributed by atoms with Crippen molar-refractivity contribution in [2.45, 2.75) is 32.2 Å². The fourth-order valence-corrected chi connectivity index (χ4v) is 3.03. The van der Waals surface area contributed by atoms with Crippen molar-refractivity contribution in [3.8, 4) is 0 Å². The van der Waals surface area contributed by atoms with Crippen molar-refractivity contribution in [1.82, 2.24) is 15.5 Å². The summed E-state index contributed by atoms with van der Waals surface area (Å²) in [4.78, 5) is 16.0. The lowest BCUT2D eigenvalue weighted by molar-refractivity contribution is -0.120. The Labute approximate surface area is 145 Å². The van der Waals surface area contributed by atoms with Gasteiger partial charge in [0.05, 0.1) is 0 Å². The Hall–Kier alpha value is -1.92. The number of amides is 1. The smallest absolute Gasteiger partial charge is 0.249 e. The van der Waals surface area contributed by atoms with Crippen LogP contribution < -0.4 is 5.32 Å². The fourth-order valence-electron chi connectivity index (χ4n) is 2.90. The van der Waals surface area contributed by atoms with E-state index in [2.05, 4.69) is 15.5 Å². The zero-order valence-corrected chi connectivity index (χ0v) is 14.3. The number of hydrogen-bond acceptors (Lipinski definition) is 5. The number of nitrogens with zero attached hydrogens (tertiary/aromatic N) is 2. The molecule has 1 aromatic heterocycles. The minimum atomic E-state index is -0.266. The van der Waals surface area contributed by atoms with Crippen LogP contribution in [0.5, 0.6) is 0 Å². The van der Waals surface area contributed by atoms with E-state index in [0.717, 1.165) is 18.4 Å². The lowest BCUT2D eigenvalue weighted by Gasteiger charge is -2.28. The molecule has 0 bridgehead atoms. The second-order valence-electron chi connectivity index (χ2n) is 5.98. The number of nitrogens with one attached hydrogen (secondary N) is 1. The maximum atomic E-state index is 11.6. The highest BCUT2D eigenvalue weighted by atomic mass is 35.5. The van der Waals surface area contributed by atoms with Crippen LogP contribution in [-0.4, -0.2) is 29.3 Å². The van der Waals surface area contributed by atoms with Crippen LogP contribution in [0, 0.1) is 5.92 Å². The molecule has 0 spiro atoms. The highest BCUT2D eigenvalue weighted by Gasteiger charge is 2.30. The third-order valence-electron chi connectivity index (χ3n) is 4.12. The van der Waals surface area contributed by atoms with Crippen LogP contribution in [0.3, 0.4) is 0 Å². The van der Waals surface area contributed by atoms with Gasteiger partial charge >= 0.3 is 0 Å². The zero-order chi connectivity index (χ0) is 16.9. The average Bonchev–Trinajstić information content (AvgIpc) is 3.04. The Morgan fingerprint density at radius 3 is 2.71 bits per heavy atom. The predicted octanol–water partition coefficient (Wildman–Crippen LogP) is 2.92. The van der Waals surface area contributed by atoms with Crippen LogP contribution in [0.25, 0.3) is 0 Å². The third kappa shape index (κ3) is 4.33. The van der Waals surface area contributed by atoms with E-state index in [0.29, 0.717) is 36.4 Å². The molecular formula is C17H20ClN3O3. The second kappa shape index (κ2) is 7.77. The molecule has 1 aliphatic rings. The van der Waals surface area contributed by atoms with Crippen LogP contribution in [0.4, 0.5) is 0 Å². The molecule has 0 aliphatic carbocycles. The fraction of sp³-hybridized carbons (Fsp3) is 0.471. The molecule has 1 N–H and O–H groups in total. The lowest BCUT2D eigenvalue weighted by Crippen LogP contribution is -2.35. The standard InChI is InChI=1S/C17H20ClN3O3/c1-11(22)19-16(13-6-8-23-9-7-13)17-20-15(21-24-17)10-12-2-4-14(18)5-3-12/h2-5,13,16H,6-10H2,1H3,(H,19,22)/t16-/m1/s1. The number of benzene rings is 1. The Kier molecular flexibility index (Phi) is 5.48. The van der Waals surface area contributed by atoms with E-state index >= 15 is 0 Å². The van der Waals surface area contributed by atoms with Gasteiger partial charge in [0.15, 0.2) is 5.82 Å². The SMILES string of the molecule is CC(=O)N[C@@H](c1nc(Cc2ccc(Cl)cc2)no1)C1CCOCC1. The molecule has 1 amide bonds. The number of aromatic nitrogens is 2. The first kappa shape index (κ1) is 16.9. The zero-order valence-electron chi connectivity index (χ0n) is 13.5. The maximum Gasteiger partial charge on any atom is 0.249 e. The van der Waals surface area contributed by atoms with Crippen molar-refractivity contribution in [1.29, 1.82) is 0 Å².